The Kier molecular flexibility index (Phi) is 6.44. The first-order valence-electron chi connectivity index (χ1n) is 8.60. The summed E-state index contributed by atoms with van der Waals surface area (Å²) in [5, 5.41) is 2.45. The number of amides is 1. The summed E-state index contributed by atoms with van der Waals surface area (Å²) in [5.41, 5.74) is 0.385. The molecule has 3 aromatic rings. The van der Waals surface area contributed by atoms with Crippen molar-refractivity contribution in [2.24, 2.45) is 0 Å². The van der Waals surface area contributed by atoms with Gasteiger partial charge in [-0.1, -0.05) is 0 Å². The Balaban J connectivity index is 1.59. The zero-order valence-corrected chi connectivity index (χ0v) is 16.4. The lowest BCUT2D eigenvalue weighted by Gasteiger charge is -2.10. The maximum absolute atomic E-state index is 13.5. The highest BCUT2D eigenvalue weighted by Gasteiger charge is 2.17. The van der Waals surface area contributed by atoms with Gasteiger partial charge in [0.15, 0.2) is 29.8 Å². The molecule has 31 heavy (non-hydrogen) atoms. The van der Waals surface area contributed by atoms with Crippen LogP contribution in [0.25, 0.3) is 0 Å². The van der Waals surface area contributed by atoms with Gasteiger partial charge in [0.2, 0.25) is 0 Å². The fourth-order valence-corrected chi connectivity index (χ4v) is 3.48. The van der Waals surface area contributed by atoms with Crippen LogP contribution in [0, 0.1) is 23.3 Å². The molecule has 0 aliphatic heterocycles. The average Bonchev–Trinajstić information content (AvgIpc) is 2.70. The molecule has 0 aliphatic rings. The van der Waals surface area contributed by atoms with Crippen LogP contribution < -0.4 is 14.8 Å². The quantitative estimate of drug-likeness (QED) is 0.528. The summed E-state index contributed by atoms with van der Waals surface area (Å²) >= 11 is 0. The molecule has 162 valence electrons. The van der Waals surface area contributed by atoms with Gasteiger partial charge in [-0.25, -0.2) is 26.0 Å². The number of rotatable bonds is 7. The number of benzene rings is 3. The molecule has 0 aliphatic carbocycles. The van der Waals surface area contributed by atoms with Crippen LogP contribution in [0.1, 0.15) is 0 Å². The molecule has 0 bridgehead atoms. The molecular weight excluding hydrogens is 440 g/mol. The van der Waals surface area contributed by atoms with Crippen molar-refractivity contribution < 1.29 is 35.5 Å². The van der Waals surface area contributed by atoms with Crippen molar-refractivity contribution in [3.63, 3.8) is 0 Å². The highest BCUT2D eigenvalue weighted by molar-refractivity contribution is 7.92. The number of nitrogens with one attached hydrogen (secondary N) is 2. The van der Waals surface area contributed by atoms with Gasteiger partial charge in [0.05, 0.1) is 4.90 Å². The van der Waals surface area contributed by atoms with Gasteiger partial charge in [-0.3, -0.25) is 9.52 Å². The van der Waals surface area contributed by atoms with E-state index in [1.807, 2.05) is 0 Å². The molecule has 6 nitrogen and oxygen atoms in total. The first-order valence-corrected chi connectivity index (χ1v) is 10.1. The molecule has 0 saturated heterocycles. The van der Waals surface area contributed by atoms with Gasteiger partial charge in [0.25, 0.3) is 15.9 Å². The van der Waals surface area contributed by atoms with Gasteiger partial charge >= 0.3 is 0 Å². The van der Waals surface area contributed by atoms with E-state index < -0.39 is 50.7 Å². The number of carbonyl (C=O) groups is 1. The largest absolute Gasteiger partial charge is 0.481 e. The fourth-order valence-electron chi connectivity index (χ4n) is 2.41. The third-order valence-corrected chi connectivity index (χ3v) is 5.25. The Hall–Kier alpha value is -3.60. The minimum atomic E-state index is -4.16. The topological polar surface area (TPSA) is 84.5 Å². The van der Waals surface area contributed by atoms with Crippen molar-refractivity contribution in [2.75, 3.05) is 16.6 Å². The molecule has 0 heterocycles. The van der Waals surface area contributed by atoms with E-state index in [1.54, 1.807) is 0 Å². The molecule has 0 fully saturated rings. The number of hydrogen-bond acceptors (Lipinski definition) is 4. The molecule has 11 heteroatoms. The van der Waals surface area contributed by atoms with Crippen LogP contribution in [-0.2, 0) is 14.8 Å². The Morgan fingerprint density at radius 1 is 0.806 bits per heavy atom. The van der Waals surface area contributed by atoms with Gasteiger partial charge in [-0.15, -0.1) is 0 Å². The van der Waals surface area contributed by atoms with Crippen LogP contribution in [0.5, 0.6) is 5.75 Å². The molecule has 0 atom stereocenters. The number of sulfonamides is 1. The third-order valence-electron chi connectivity index (χ3n) is 3.87. The van der Waals surface area contributed by atoms with Crippen molar-refractivity contribution in [3.05, 3.63) is 83.9 Å². The van der Waals surface area contributed by atoms with Gasteiger partial charge in [0, 0.05) is 17.4 Å². The minimum absolute atomic E-state index is 0.104. The Labute approximate surface area is 174 Å². The van der Waals surface area contributed by atoms with Crippen molar-refractivity contribution in [1.29, 1.82) is 0 Å². The SMILES string of the molecule is O=C(COc1ccc(F)cc1F)Nc1ccc(NS(=O)(=O)c2ccc(F)c(F)c2)cc1. The molecule has 0 saturated carbocycles. The Morgan fingerprint density at radius 2 is 1.48 bits per heavy atom. The molecule has 0 spiro atoms. The second-order valence-electron chi connectivity index (χ2n) is 6.17. The van der Waals surface area contributed by atoms with Crippen LogP contribution in [0.4, 0.5) is 28.9 Å². The highest BCUT2D eigenvalue weighted by atomic mass is 32.2. The maximum atomic E-state index is 13.5. The molecule has 2 N–H and O–H groups in total. The van der Waals surface area contributed by atoms with Crippen LogP contribution in [-0.4, -0.2) is 20.9 Å². The summed E-state index contributed by atoms with van der Waals surface area (Å²) in [4.78, 5) is 11.4. The minimum Gasteiger partial charge on any atom is -0.481 e. The smallest absolute Gasteiger partial charge is 0.262 e. The summed E-state index contributed by atoms with van der Waals surface area (Å²) in [7, 11) is -4.16. The first-order chi connectivity index (χ1) is 14.6. The van der Waals surface area contributed by atoms with Gasteiger partial charge in [0.1, 0.15) is 5.82 Å². The summed E-state index contributed by atoms with van der Waals surface area (Å²) in [6.07, 6.45) is 0. The van der Waals surface area contributed by atoms with E-state index in [-0.39, 0.29) is 17.1 Å². The normalized spacial score (nSPS) is 11.1. The highest BCUT2D eigenvalue weighted by Crippen LogP contribution is 2.21. The van der Waals surface area contributed by atoms with Crippen LogP contribution >= 0.6 is 0 Å². The molecule has 3 aromatic carbocycles. The van der Waals surface area contributed by atoms with Crippen molar-refractivity contribution in [2.45, 2.75) is 4.90 Å². The lowest BCUT2D eigenvalue weighted by Crippen LogP contribution is -2.20. The second-order valence-corrected chi connectivity index (χ2v) is 7.85. The number of anilines is 2. The zero-order chi connectivity index (χ0) is 22.6. The number of ether oxygens (including phenoxy) is 1. The molecule has 3 rings (SSSR count). The van der Waals surface area contributed by atoms with Gasteiger partial charge in [-0.05, 0) is 54.6 Å². The van der Waals surface area contributed by atoms with Crippen LogP contribution in [0.2, 0.25) is 0 Å². The van der Waals surface area contributed by atoms with E-state index in [4.69, 9.17) is 4.74 Å². The lowest BCUT2D eigenvalue weighted by molar-refractivity contribution is -0.118. The van der Waals surface area contributed by atoms with E-state index in [2.05, 4.69) is 10.0 Å². The van der Waals surface area contributed by atoms with Crippen molar-refractivity contribution in [3.8, 4) is 5.75 Å². The van der Waals surface area contributed by atoms with E-state index >= 15 is 0 Å². The number of halogens is 4. The molecule has 0 radical (unpaired) electrons. The second kappa shape index (κ2) is 9.04. The number of carbonyl (C=O) groups excluding carboxylic acids is 1. The van der Waals surface area contributed by atoms with E-state index in [9.17, 15) is 30.8 Å². The number of hydrogen-bond donors (Lipinski definition) is 2. The summed E-state index contributed by atoms with van der Waals surface area (Å²) in [6.45, 7) is -0.549. The molecular formula is C20H14F4N2O4S. The lowest BCUT2D eigenvalue weighted by atomic mass is 10.3. The third kappa shape index (κ3) is 5.72. The predicted octanol–water partition coefficient (Wildman–Crippen LogP) is 4.06. The predicted molar refractivity (Wildman–Crippen MR) is 104 cm³/mol. The first kappa shape index (κ1) is 22.1. The van der Waals surface area contributed by atoms with Gasteiger partial charge < -0.3 is 10.1 Å². The Bertz CT molecular complexity index is 1220. The van der Waals surface area contributed by atoms with E-state index in [1.165, 1.54) is 24.3 Å². The van der Waals surface area contributed by atoms with Crippen molar-refractivity contribution in [1.82, 2.24) is 0 Å². The van der Waals surface area contributed by atoms with E-state index in [0.29, 0.717) is 18.2 Å². The van der Waals surface area contributed by atoms with Crippen LogP contribution in [0.15, 0.2) is 65.6 Å². The maximum Gasteiger partial charge on any atom is 0.262 e. The summed E-state index contributed by atoms with van der Waals surface area (Å²) in [6, 6.07) is 10.2. The molecule has 0 aromatic heterocycles. The van der Waals surface area contributed by atoms with Crippen molar-refractivity contribution >= 4 is 27.3 Å². The molecule has 0 unspecified atom stereocenters. The average molecular weight is 454 g/mol. The standard InChI is InChI=1S/C20H14F4N2O4S/c21-12-1-8-19(18(24)9-12)30-11-20(27)25-13-2-4-14(5-3-13)26-31(28,29)15-6-7-16(22)17(23)10-15/h1-10,26H,11H2,(H,25,27). The Morgan fingerprint density at radius 3 is 2.13 bits per heavy atom. The summed E-state index contributed by atoms with van der Waals surface area (Å²) < 4.78 is 84.3. The fraction of sp³-hybridized carbons (Fsp3) is 0.0500. The van der Waals surface area contributed by atoms with E-state index in [0.717, 1.165) is 18.2 Å². The molecule has 1 amide bonds. The summed E-state index contributed by atoms with van der Waals surface area (Å²) in [5.74, 6) is -5.15. The monoisotopic (exact) mass is 454 g/mol. The zero-order valence-electron chi connectivity index (χ0n) is 15.5. The van der Waals surface area contributed by atoms with Gasteiger partial charge in [-0.2, -0.15) is 0 Å². The van der Waals surface area contributed by atoms with Crippen LogP contribution in [0.3, 0.4) is 0 Å².